The van der Waals surface area contributed by atoms with Crippen LogP contribution in [0.25, 0.3) is 10.9 Å². The fourth-order valence-corrected chi connectivity index (χ4v) is 5.12. The van der Waals surface area contributed by atoms with Crippen molar-refractivity contribution in [2.75, 3.05) is 31.5 Å². The Hall–Kier alpha value is -2.55. The Balaban J connectivity index is 1.43. The number of anilines is 1. The maximum absolute atomic E-state index is 13.0. The summed E-state index contributed by atoms with van der Waals surface area (Å²) in [6.45, 7) is 1.13. The summed E-state index contributed by atoms with van der Waals surface area (Å²) < 4.78 is 29.4. The molecule has 0 atom stereocenters. The lowest BCUT2D eigenvalue weighted by molar-refractivity contribution is 0.184. The monoisotopic (exact) mass is 432 g/mol. The van der Waals surface area contributed by atoms with E-state index in [-0.39, 0.29) is 24.0 Å². The number of rotatable bonds is 3. The zero-order valence-electron chi connectivity index (χ0n) is 15.9. The van der Waals surface area contributed by atoms with Gasteiger partial charge in [-0.05, 0) is 42.5 Å². The van der Waals surface area contributed by atoms with Crippen molar-refractivity contribution in [3.05, 3.63) is 59.8 Å². The molecular formula is C20H21ClN4O3S. The van der Waals surface area contributed by atoms with Crippen LogP contribution in [0.2, 0.25) is 5.02 Å². The second-order valence-electron chi connectivity index (χ2n) is 6.98. The van der Waals surface area contributed by atoms with Crippen molar-refractivity contribution in [1.82, 2.24) is 13.8 Å². The molecule has 0 unspecified atom stereocenters. The molecule has 29 heavy (non-hydrogen) atoms. The Labute approximate surface area is 174 Å². The van der Waals surface area contributed by atoms with Crippen LogP contribution in [0, 0.1) is 0 Å². The number of carbonyl (C=O) groups is 1. The summed E-state index contributed by atoms with van der Waals surface area (Å²) in [4.78, 5) is 14.3. The number of piperazine rings is 1. The smallest absolute Gasteiger partial charge is 0.321 e. The number of aryl methyl sites for hydroxylation is 1. The highest BCUT2D eigenvalue weighted by Crippen LogP contribution is 2.23. The molecule has 1 saturated heterocycles. The molecule has 0 saturated carbocycles. The summed E-state index contributed by atoms with van der Waals surface area (Å²) in [5, 5.41) is 4.21. The number of aromatic nitrogens is 1. The van der Waals surface area contributed by atoms with Crippen molar-refractivity contribution >= 4 is 44.2 Å². The Bertz CT molecular complexity index is 1170. The minimum atomic E-state index is -3.61. The second-order valence-corrected chi connectivity index (χ2v) is 9.35. The average Bonchev–Trinajstić information content (AvgIpc) is 3.08. The van der Waals surface area contributed by atoms with Crippen molar-refractivity contribution in [2.24, 2.45) is 7.05 Å². The van der Waals surface area contributed by atoms with Crippen LogP contribution in [0.15, 0.2) is 59.6 Å². The van der Waals surface area contributed by atoms with E-state index in [4.69, 9.17) is 11.6 Å². The highest BCUT2D eigenvalue weighted by atomic mass is 35.5. The summed E-state index contributed by atoms with van der Waals surface area (Å²) in [6, 6.07) is 13.7. The maximum Gasteiger partial charge on any atom is 0.321 e. The SMILES string of the molecule is Cn1ccc2cc(S(=O)(=O)N3CCN(C(=O)Nc4cccc(Cl)c4)CC3)ccc21. The first-order chi connectivity index (χ1) is 13.8. The molecule has 2 heterocycles. The summed E-state index contributed by atoms with van der Waals surface area (Å²) in [6.07, 6.45) is 1.90. The van der Waals surface area contributed by atoms with Gasteiger partial charge in [-0.2, -0.15) is 4.31 Å². The zero-order valence-corrected chi connectivity index (χ0v) is 17.4. The molecule has 2 amide bonds. The summed E-state index contributed by atoms with van der Waals surface area (Å²) in [7, 11) is -1.69. The van der Waals surface area contributed by atoms with Gasteiger partial charge in [0.25, 0.3) is 0 Å². The van der Waals surface area contributed by atoms with Crippen LogP contribution >= 0.6 is 11.6 Å². The van der Waals surface area contributed by atoms with E-state index in [0.717, 1.165) is 10.9 Å². The van der Waals surface area contributed by atoms with E-state index in [2.05, 4.69) is 5.32 Å². The van der Waals surface area contributed by atoms with Crippen molar-refractivity contribution < 1.29 is 13.2 Å². The van der Waals surface area contributed by atoms with Crippen molar-refractivity contribution in [2.45, 2.75) is 4.90 Å². The fraction of sp³-hybridized carbons (Fsp3) is 0.250. The lowest BCUT2D eigenvalue weighted by Crippen LogP contribution is -2.51. The predicted molar refractivity (Wildman–Crippen MR) is 114 cm³/mol. The Morgan fingerprint density at radius 2 is 1.79 bits per heavy atom. The Morgan fingerprint density at radius 1 is 1.03 bits per heavy atom. The predicted octanol–water partition coefficient (Wildman–Crippen LogP) is 3.37. The Morgan fingerprint density at radius 3 is 2.52 bits per heavy atom. The topological polar surface area (TPSA) is 74.7 Å². The molecule has 0 radical (unpaired) electrons. The van der Waals surface area contributed by atoms with Crippen LogP contribution in [0.5, 0.6) is 0 Å². The summed E-state index contributed by atoms with van der Waals surface area (Å²) in [5.41, 5.74) is 1.58. The first-order valence-electron chi connectivity index (χ1n) is 9.21. The van der Waals surface area contributed by atoms with Gasteiger partial charge in [0, 0.05) is 61.0 Å². The van der Waals surface area contributed by atoms with Crippen LogP contribution < -0.4 is 5.32 Å². The standard InChI is InChI=1S/C20H21ClN4O3S/c1-23-8-7-15-13-18(5-6-19(15)23)29(27,28)25-11-9-24(10-12-25)20(26)22-17-4-2-3-16(21)14-17/h2-8,13-14H,9-12H2,1H3,(H,22,26). The van der Waals surface area contributed by atoms with Gasteiger partial charge in [0.1, 0.15) is 0 Å². The number of hydrogen-bond donors (Lipinski definition) is 1. The largest absolute Gasteiger partial charge is 0.351 e. The number of fused-ring (bicyclic) bond motifs is 1. The van der Waals surface area contributed by atoms with Crippen LogP contribution in [-0.4, -0.2) is 54.4 Å². The van der Waals surface area contributed by atoms with E-state index >= 15 is 0 Å². The number of halogens is 1. The molecule has 152 valence electrons. The van der Waals surface area contributed by atoms with Crippen LogP contribution in [0.4, 0.5) is 10.5 Å². The van der Waals surface area contributed by atoms with E-state index < -0.39 is 10.0 Å². The van der Waals surface area contributed by atoms with Gasteiger partial charge in [0.2, 0.25) is 10.0 Å². The van der Waals surface area contributed by atoms with E-state index in [9.17, 15) is 13.2 Å². The molecule has 1 fully saturated rings. The number of carbonyl (C=O) groups excluding carboxylic acids is 1. The van der Waals surface area contributed by atoms with Crippen LogP contribution in [-0.2, 0) is 17.1 Å². The molecule has 1 aliphatic rings. The molecule has 4 rings (SSSR count). The van der Waals surface area contributed by atoms with Crippen molar-refractivity contribution in [3.63, 3.8) is 0 Å². The third-order valence-electron chi connectivity index (χ3n) is 5.10. The third-order valence-corrected chi connectivity index (χ3v) is 7.23. The molecular weight excluding hydrogens is 412 g/mol. The van der Waals surface area contributed by atoms with Crippen molar-refractivity contribution in [3.8, 4) is 0 Å². The first-order valence-corrected chi connectivity index (χ1v) is 11.0. The quantitative estimate of drug-likeness (QED) is 0.689. The normalized spacial score (nSPS) is 15.6. The third kappa shape index (κ3) is 3.96. The Kier molecular flexibility index (Phi) is 5.24. The van der Waals surface area contributed by atoms with Gasteiger partial charge in [0.15, 0.2) is 0 Å². The molecule has 1 aliphatic heterocycles. The van der Waals surface area contributed by atoms with Gasteiger partial charge in [-0.15, -0.1) is 0 Å². The lowest BCUT2D eigenvalue weighted by atomic mass is 10.2. The maximum atomic E-state index is 13.0. The molecule has 1 aromatic heterocycles. The van der Waals surface area contributed by atoms with E-state index in [0.29, 0.717) is 23.8 Å². The fourth-order valence-electron chi connectivity index (χ4n) is 3.47. The molecule has 0 aliphatic carbocycles. The number of hydrogen-bond acceptors (Lipinski definition) is 3. The summed E-state index contributed by atoms with van der Waals surface area (Å²) in [5.74, 6) is 0. The number of urea groups is 1. The molecule has 0 spiro atoms. The summed E-state index contributed by atoms with van der Waals surface area (Å²) >= 11 is 5.94. The second kappa shape index (κ2) is 7.70. The van der Waals surface area contributed by atoms with E-state index in [1.165, 1.54) is 4.31 Å². The van der Waals surface area contributed by atoms with Gasteiger partial charge >= 0.3 is 6.03 Å². The number of nitrogens with zero attached hydrogens (tertiary/aromatic N) is 3. The van der Waals surface area contributed by atoms with Gasteiger partial charge in [-0.25, -0.2) is 13.2 Å². The minimum absolute atomic E-state index is 0.248. The van der Waals surface area contributed by atoms with Gasteiger partial charge < -0.3 is 14.8 Å². The van der Waals surface area contributed by atoms with Crippen LogP contribution in [0.3, 0.4) is 0 Å². The molecule has 3 aromatic rings. The zero-order chi connectivity index (χ0) is 20.6. The van der Waals surface area contributed by atoms with E-state index in [1.54, 1.807) is 41.3 Å². The molecule has 7 nitrogen and oxygen atoms in total. The highest BCUT2D eigenvalue weighted by molar-refractivity contribution is 7.89. The number of benzene rings is 2. The van der Waals surface area contributed by atoms with Gasteiger partial charge in [-0.3, -0.25) is 0 Å². The first kappa shape index (κ1) is 19.8. The van der Waals surface area contributed by atoms with Crippen molar-refractivity contribution in [1.29, 1.82) is 0 Å². The lowest BCUT2D eigenvalue weighted by Gasteiger charge is -2.34. The number of amides is 2. The molecule has 9 heteroatoms. The molecule has 0 bridgehead atoms. The molecule has 1 N–H and O–H groups in total. The molecule has 2 aromatic carbocycles. The van der Waals surface area contributed by atoms with Gasteiger partial charge in [0.05, 0.1) is 4.90 Å². The number of nitrogens with one attached hydrogen (secondary N) is 1. The van der Waals surface area contributed by atoms with E-state index in [1.807, 2.05) is 29.9 Å². The average molecular weight is 433 g/mol. The van der Waals surface area contributed by atoms with Crippen LogP contribution in [0.1, 0.15) is 0 Å². The van der Waals surface area contributed by atoms with Gasteiger partial charge in [-0.1, -0.05) is 17.7 Å². The highest BCUT2D eigenvalue weighted by Gasteiger charge is 2.30. The minimum Gasteiger partial charge on any atom is -0.351 e. The number of sulfonamides is 1.